The average Bonchev–Trinajstić information content (AvgIpc) is 3.44. The molecule has 5 rings (SSSR count). The molecule has 0 saturated carbocycles. The molecule has 0 unspecified atom stereocenters. The highest BCUT2D eigenvalue weighted by molar-refractivity contribution is 6.06. The van der Waals surface area contributed by atoms with Crippen LogP contribution in [0.4, 0.5) is 5.69 Å². The number of anilines is 1. The standard InChI is InChI=1S/C24H18N4O4/c1-15-25-22(28-32-15)14-30-20-8-4-2-6-18(20)23(29)26-17-12-10-16(11-13-17)24-27-19-7-3-5-9-21(19)31-24/h2-13H,14H2,1H3,(H,26,29). The number of hydrogen-bond donors (Lipinski definition) is 1. The number of nitrogens with one attached hydrogen (secondary N) is 1. The van der Waals surface area contributed by atoms with Crippen molar-refractivity contribution >= 4 is 22.7 Å². The van der Waals surface area contributed by atoms with Crippen LogP contribution in [-0.2, 0) is 6.61 Å². The maximum absolute atomic E-state index is 12.9. The highest BCUT2D eigenvalue weighted by Crippen LogP contribution is 2.26. The van der Waals surface area contributed by atoms with E-state index in [1.54, 1.807) is 43.3 Å². The first kappa shape index (κ1) is 19.5. The van der Waals surface area contributed by atoms with Gasteiger partial charge in [0.05, 0.1) is 5.56 Å². The van der Waals surface area contributed by atoms with E-state index in [9.17, 15) is 4.79 Å². The third kappa shape index (κ3) is 4.06. The summed E-state index contributed by atoms with van der Waals surface area (Å²) >= 11 is 0. The maximum atomic E-state index is 12.9. The molecule has 0 atom stereocenters. The SMILES string of the molecule is Cc1nc(COc2ccccc2C(=O)Nc2ccc(-c3nc4ccccc4o3)cc2)no1. The topological polar surface area (TPSA) is 103 Å². The molecule has 0 saturated heterocycles. The minimum absolute atomic E-state index is 0.0980. The van der Waals surface area contributed by atoms with E-state index in [2.05, 4.69) is 20.4 Å². The van der Waals surface area contributed by atoms with Crippen molar-refractivity contribution in [3.63, 3.8) is 0 Å². The number of benzene rings is 3. The van der Waals surface area contributed by atoms with Crippen molar-refractivity contribution in [2.45, 2.75) is 13.5 Å². The molecule has 1 N–H and O–H groups in total. The van der Waals surface area contributed by atoms with Crippen molar-refractivity contribution in [3.05, 3.63) is 90.1 Å². The van der Waals surface area contributed by atoms with Crippen molar-refractivity contribution in [1.29, 1.82) is 0 Å². The van der Waals surface area contributed by atoms with E-state index in [-0.39, 0.29) is 12.5 Å². The van der Waals surface area contributed by atoms with Crippen LogP contribution in [-0.4, -0.2) is 21.0 Å². The highest BCUT2D eigenvalue weighted by Gasteiger charge is 2.14. The molecular formula is C24H18N4O4. The summed E-state index contributed by atoms with van der Waals surface area (Å²) in [6.45, 7) is 1.80. The van der Waals surface area contributed by atoms with Gasteiger partial charge in [0.25, 0.3) is 5.91 Å². The number of oxazole rings is 1. The molecule has 0 radical (unpaired) electrons. The minimum atomic E-state index is -0.292. The van der Waals surface area contributed by atoms with Crippen LogP contribution in [0.2, 0.25) is 0 Å². The number of aromatic nitrogens is 3. The lowest BCUT2D eigenvalue weighted by Gasteiger charge is -2.11. The summed E-state index contributed by atoms with van der Waals surface area (Å²) in [7, 11) is 0. The third-order valence-electron chi connectivity index (χ3n) is 4.74. The van der Waals surface area contributed by atoms with Crippen LogP contribution in [0, 0.1) is 6.92 Å². The number of hydrogen-bond acceptors (Lipinski definition) is 7. The summed E-state index contributed by atoms with van der Waals surface area (Å²) in [4.78, 5) is 21.4. The molecule has 2 heterocycles. The Hall–Kier alpha value is -4.46. The Morgan fingerprint density at radius 2 is 1.75 bits per heavy atom. The van der Waals surface area contributed by atoms with Crippen molar-refractivity contribution in [2.24, 2.45) is 0 Å². The molecule has 0 bridgehead atoms. The second kappa shape index (κ2) is 8.35. The largest absolute Gasteiger partial charge is 0.485 e. The average molecular weight is 426 g/mol. The summed E-state index contributed by atoms with van der Waals surface area (Å²) in [5, 5.41) is 6.68. The van der Waals surface area contributed by atoms with Gasteiger partial charge in [-0.15, -0.1) is 0 Å². The van der Waals surface area contributed by atoms with Gasteiger partial charge < -0.3 is 19.0 Å². The second-order valence-electron chi connectivity index (χ2n) is 7.03. The molecule has 1 amide bonds. The molecule has 0 fully saturated rings. The Labute approximate surface area is 182 Å². The second-order valence-corrected chi connectivity index (χ2v) is 7.03. The van der Waals surface area contributed by atoms with Crippen LogP contribution in [0.1, 0.15) is 22.1 Å². The maximum Gasteiger partial charge on any atom is 0.259 e. The normalized spacial score (nSPS) is 10.9. The van der Waals surface area contributed by atoms with Crippen LogP contribution < -0.4 is 10.1 Å². The van der Waals surface area contributed by atoms with Gasteiger partial charge in [0.1, 0.15) is 11.3 Å². The van der Waals surface area contributed by atoms with Gasteiger partial charge in [-0.3, -0.25) is 4.79 Å². The van der Waals surface area contributed by atoms with Crippen molar-refractivity contribution in [1.82, 2.24) is 15.1 Å². The smallest absolute Gasteiger partial charge is 0.259 e. The number of carbonyl (C=O) groups excluding carboxylic acids is 1. The Morgan fingerprint density at radius 3 is 2.53 bits per heavy atom. The van der Waals surface area contributed by atoms with Crippen LogP contribution in [0.3, 0.4) is 0 Å². The lowest BCUT2D eigenvalue weighted by molar-refractivity contribution is 0.102. The predicted octanol–water partition coefficient (Wildman–Crippen LogP) is 5.02. The number of ether oxygens (including phenoxy) is 1. The van der Waals surface area contributed by atoms with E-state index in [0.717, 1.165) is 16.7 Å². The molecule has 0 aliphatic rings. The molecule has 5 aromatic rings. The van der Waals surface area contributed by atoms with Gasteiger partial charge in [-0.2, -0.15) is 4.98 Å². The van der Waals surface area contributed by atoms with Crippen LogP contribution in [0.25, 0.3) is 22.6 Å². The van der Waals surface area contributed by atoms with Crippen molar-refractivity contribution in [3.8, 4) is 17.2 Å². The van der Waals surface area contributed by atoms with Crippen molar-refractivity contribution < 1.29 is 18.5 Å². The molecule has 2 aromatic heterocycles. The summed E-state index contributed by atoms with van der Waals surface area (Å²) < 4.78 is 16.5. The van der Waals surface area contributed by atoms with Gasteiger partial charge in [-0.1, -0.05) is 29.4 Å². The Bertz CT molecular complexity index is 1360. The van der Waals surface area contributed by atoms with Gasteiger partial charge in [-0.25, -0.2) is 4.98 Å². The zero-order valence-corrected chi connectivity index (χ0v) is 17.1. The number of rotatable bonds is 6. The zero-order chi connectivity index (χ0) is 21.9. The Balaban J connectivity index is 1.29. The van der Waals surface area contributed by atoms with E-state index < -0.39 is 0 Å². The minimum Gasteiger partial charge on any atom is -0.485 e. The van der Waals surface area contributed by atoms with Gasteiger partial charge in [0.15, 0.2) is 12.2 Å². The number of aryl methyl sites for hydroxylation is 1. The van der Waals surface area contributed by atoms with E-state index in [4.69, 9.17) is 13.7 Å². The van der Waals surface area contributed by atoms with Crippen molar-refractivity contribution in [2.75, 3.05) is 5.32 Å². The van der Waals surface area contributed by atoms with E-state index in [1.807, 2.05) is 36.4 Å². The molecule has 8 heteroatoms. The third-order valence-corrected chi connectivity index (χ3v) is 4.74. The molecule has 32 heavy (non-hydrogen) atoms. The van der Waals surface area contributed by atoms with Crippen LogP contribution >= 0.6 is 0 Å². The summed E-state index contributed by atoms with van der Waals surface area (Å²) in [5.74, 6) is 1.53. The number of amides is 1. The fourth-order valence-electron chi connectivity index (χ4n) is 3.21. The van der Waals surface area contributed by atoms with E-state index in [1.165, 1.54) is 0 Å². The Morgan fingerprint density at radius 1 is 0.969 bits per heavy atom. The molecule has 0 aliphatic heterocycles. The summed E-state index contributed by atoms with van der Waals surface area (Å²) in [6, 6.07) is 21.9. The van der Waals surface area contributed by atoms with Crippen LogP contribution in [0.15, 0.2) is 81.7 Å². The first-order chi connectivity index (χ1) is 15.7. The van der Waals surface area contributed by atoms with E-state index in [0.29, 0.717) is 34.6 Å². The lowest BCUT2D eigenvalue weighted by Crippen LogP contribution is -2.13. The predicted molar refractivity (Wildman–Crippen MR) is 117 cm³/mol. The highest BCUT2D eigenvalue weighted by atomic mass is 16.5. The first-order valence-electron chi connectivity index (χ1n) is 9.94. The quantitative estimate of drug-likeness (QED) is 0.407. The first-order valence-corrected chi connectivity index (χ1v) is 9.94. The Kier molecular flexibility index (Phi) is 5.09. The lowest BCUT2D eigenvalue weighted by atomic mass is 10.1. The van der Waals surface area contributed by atoms with Gasteiger partial charge in [0, 0.05) is 18.2 Å². The fourth-order valence-corrected chi connectivity index (χ4v) is 3.21. The monoisotopic (exact) mass is 426 g/mol. The number of para-hydroxylation sites is 3. The zero-order valence-electron chi connectivity index (χ0n) is 17.1. The molecular weight excluding hydrogens is 408 g/mol. The number of nitrogens with zero attached hydrogens (tertiary/aromatic N) is 3. The summed E-state index contributed by atoms with van der Waals surface area (Å²) in [6.07, 6.45) is 0. The molecule has 0 spiro atoms. The molecule has 158 valence electrons. The van der Waals surface area contributed by atoms with Gasteiger partial charge in [0.2, 0.25) is 17.6 Å². The van der Waals surface area contributed by atoms with E-state index >= 15 is 0 Å². The molecule has 8 nitrogen and oxygen atoms in total. The van der Waals surface area contributed by atoms with Gasteiger partial charge in [-0.05, 0) is 48.5 Å². The van der Waals surface area contributed by atoms with Gasteiger partial charge >= 0.3 is 0 Å². The van der Waals surface area contributed by atoms with Crippen LogP contribution in [0.5, 0.6) is 5.75 Å². The molecule has 0 aliphatic carbocycles. The fraction of sp³-hybridized carbons (Fsp3) is 0.0833. The number of carbonyl (C=O) groups is 1. The summed E-state index contributed by atoms with van der Waals surface area (Å²) in [5.41, 5.74) is 3.38. The number of fused-ring (bicyclic) bond motifs is 1. The molecule has 3 aromatic carbocycles.